The van der Waals surface area contributed by atoms with Crippen molar-refractivity contribution < 1.29 is 19.4 Å². The molecular formula is C37H45NO4. The van der Waals surface area contributed by atoms with Crippen molar-refractivity contribution in [3.8, 4) is 22.8 Å². The van der Waals surface area contributed by atoms with Crippen LogP contribution in [0.4, 0.5) is 0 Å². The van der Waals surface area contributed by atoms with Crippen molar-refractivity contribution in [3.63, 3.8) is 0 Å². The van der Waals surface area contributed by atoms with E-state index in [1.54, 1.807) is 0 Å². The Labute approximate surface area is 251 Å². The molecule has 0 bridgehead atoms. The van der Waals surface area contributed by atoms with Gasteiger partial charge in [-0.15, -0.1) is 0 Å². The lowest BCUT2D eigenvalue weighted by atomic mass is 10.0. The van der Waals surface area contributed by atoms with E-state index in [9.17, 15) is 9.90 Å². The lowest BCUT2D eigenvalue weighted by Gasteiger charge is -2.16. The van der Waals surface area contributed by atoms with Gasteiger partial charge in [0, 0.05) is 24.4 Å². The Morgan fingerprint density at radius 3 is 2.17 bits per heavy atom. The molecule has 0 unspecified atom stereocenters. The lowest BCUT2D eigenvalue weighted by Crippen LogP contribution is -2.29. The second-order valence-corrected chi connectivity index (χ2v) is 11.0. The molecule has 1 aromatic heterocycles. The summed E-state index contributed by atoms with van der Waals surface area (Å²) in [6.07, 6.45) is 9.33. The Bertz CT molecular complexity index is 1340. The highest BCUT2D eigenvalue weighted by molar-refractivity contribution is 5.73. The van der Waals surface area contributed by atoms with Crippen LogP contribution < -0.4 is 9.47 Å². The minimum atomic E-state index is -0.973. The first-order valence-electron chi connectivity index (χ1n) is 15.4. The van der Waals surface area contributed by atoms with Gasteiger partial charge in [0.05, 0.1) is 6.61 Å². The summed E-state index contributed by atoms with van der Waals surface area (Å²) in [6.45, 7) is 5.87. The van der Waals surface area contributed by atoms with Crippen LogP contribution in [0.15, 0.2) is 91.0 Å². The Morgan fingerprint density at radius 1 is 0.762 bits per heavy atom. The molecule has 5 heteroatoms. The Morgan fingerprint density at radius 2 is 1.45 bits per heavy atom. The lowest BCUT2D eigenvalue weighted by molar-refractivity contribution is -0.145. The number of unbranched alkanes of at least 4 members (excludes halogenated alkanes) is 5. The Balaban J connectivity index is 1.25. The van der Waals surface area contributed by atoms with E-state index in [4.69, 9.17) is 9.47 Å². The first-order chi connectivity index (χ1) is 20.5. The van der Waals surface area contributed by atoms with Gasteiger partial charge in [0.1, 0.15) is 11.5 Å². The maximum absolute atomic E-state index is 11.8. The molecule has 0 saturated heterocycles. The third-order valence-corrected chi connectivity index (χ3v) is 7.70. The fourth-order valence-electron chi connectivity index (χ4n) is 5.27. The second-order valence-electron chi connectivity index (χ2n) is 11.0. The molecule has 0 amide bonds. The van der Waals surface area contributed by atoms with Crippen LogP contribution in [0.3, 0.4) is 0 Å². The van der Waals surface area contributed by atoms with Crippen molar-refractivity contribution in [2.45, 2.75) is 84.3 Å². The molecule has 0 aliphatic rings. The van der Waals surface area contributed by atoms with Gasteiger partial charge in [-0.1, -0.05) is 81.5 Å². The van der Waals surface area contributed by atoms with Crippen molar-refractivity contribution in [3.05, 3.63) is 108 Å². The van der Waals surface area contributed by atoms with Crippen LogP contribution in [0.1, 0.15) is 68.7 Å². The Kier molecular flexibility index (Phi) is 12.1. The highest BCUT2D eigenvalue weighted by atomic mass is 16.5. The summed E-state index contributed by atoms with van der Waals surface area (Å²) in [4.78, 5) is 11.8. The van der Waals surface area contributed by atoms with Crippen molar-refractivity contribution in [2.75, 3.05) is 6.61 Å². The van der Waals surface area contributed by atoms with Gasteiger partial charge in [-0.05, 0) is 91.4 Å². The molecule has 0 aliphatic heterocycles. The number of benzene rings is 3. The molecule has 1 heterocycles. The number of ether oxygens (including phenoxy) is 2. The van der Waals surface area contributed by atoms with Gasteiger partial charge < -0.3 is 19.1 Å². The van der Waals surface area contributed by atoms with Crippen LogP contribution >= 0.6 is 0 Å². The maximum atomic E-state index is 11.8. The largest absolute Gasteiger partial charge is 0.494 e. The zero-order valence-electron chi connectivity index (χ0n) is 25.1. The normalized spacial score (nSPS) is 11.8. The second kappa shape index (κ2) is 16.5. The minimum absolute atomic E-state index is 0.311. The van der Waals surface area contributed by atoms with Gasteiger partial charge in [0.15, 0.2) is 6.10 Å². The number of nitrogens with zero attached hydrogens (tertiary/aromatic N) is 1. The minimum Gasteiger partial charge on any atom is -0.494 e. The van der Waals surface area contributed by atoms with E-state index in [-0.39, 0.29) is 0 Å². The van der Waals surface area contributed by atoms with Crippen molar-refractivity contribution in [2.24, 2.45) is 0 Å². The number of carboxylic acids is 1. The van der Waals surface area contributed by atoms with E-state index in [1.807, 2.05) is 54.6 Å². The van der Waals surface area contributed by atoms with E-state index in [2.05, 4.69) is 54.8 Å². The van der Waals surface area contributed by atoms with Gasteiger partial charge in [-0.2, -0.15) is 0 Å². The molecule has 3 aromatic carbocycles. The molecule has 0 fully saturated rings. The number of hydrogen-bond donors (Lipinski definition) is 1. The molecule has 0 spiro atoms. The maximum Gasteiger partial charge on any atom is 0.345 e. The predicted molar refractivity (Wildman–Crippen MR) is 170 cm³/mol. The summed E-state index contributed by atoms with van der Waals surface area (Å²) in [5, 5.41) is 9.68. The smallest absolute Gasteiger partial charge is 0.345 e. The summed E-state index contributed by atoms with van der Waals surface area (Å²) in [5.41, 5.74) is 5.69. The molecule has 0 radical (unpaired) electrons. The third kappa shape index (κ3) is 9.54. The highest BCUT2D eigenvalue weighted by Gasteiger charge is 2.20. The third-order valence-electron chi connectivity index (χ3n) is 7.70. The average Bonchev–Trinajstić information content (AvgIpc) is 3.38. The summed E-state index contributed by atoms with van der Waals surface area (Å²) in [6, 6.07) is 30.1. The van der Waals surface area contributed by atoms with Gasteiger partial charge in [0.25, 0.3) is 0 Å². The summed E-state index contributed by atoms with van der Waals surface area (Å²) >= 11 is 0. The summed E-state index contributed by atoms with van der Waals surface area (Å²) in [7, 11) is 0. The van der Waals surface area contributed by atoms with E-state index in [0.29, 0.717) is 18.8 Å². The van der Waals surface area contributed by atoms with Gasteiger partial charge in [-0.3, -0.25) is 0 Å². The van der Waals surface area contributed by atoms with Crippen LogP contribution in [0.2, 0.25) is 0 Å². The SMILES string of the molecule is CCCCCCCCc1ccc(OCCCn2c(C)ccc2-c2ccc(O[C@H](Cc3ccccc3)C(=O)O)cc2)cc1. The first-order valence-corrected chi connectivity index (χ1v) is 15.4. The fourth-order valence-corrected chi connectivity index (χ4v) is 5.27. The average molecular weight is 568 g/mol. The number of rotatable bonds is 18. The number of aliphatic carboxylic acids is 1. The molecule has 0 saturated carbocycles. The van der Waals surface area contributed by atoms with E-state index in [1.165, 1.54) is 49.8 Å². The molecule has 1 atom stereocenters. The van der Waals surface area contributed by atoms with Crippen LogP contribution in [0.5, 0.6) is 11.5 Å². The number of aryl methyl sites for hydroxylation is 2. The van der Waals surface area contributed by atoms with E-state index >= 15 is 0 Å². The first kappa shape index (κ1) is 31.0. The molecule has 42 heavy (non-hydrogen) atoms. The monoisotopic (exact) mass is 567 g/mol. The molecule has 1 N–H and O–H groups in total. The molecule has 222 valence electrons. The summed E-state index contributed by atoms with van der Waals surface area (Å²) < 4.78 is 14.2. The molecule has 5 nitrogen and oxygen atoms in total. The molecular weight excluding hydrogens is 522 g/mol. The fraction of sp³-hybridized carbons (Fsp3) is 0.378. The topological polar surface area (TPSA) is 60.7 Å². The number of carbonyl (C=O) groups is 1. The standard InChI is InChI=1S/C37H45NO4/c1-3-4-5-6-7-9-13-30-17-21-33(22-18-30)41-27-12-26-38-29(2)16-25-35(38)32-19-23-34(24-20-32)42-36(37(39)40)28-31-14-10-8-11-15-31/h8,10-11,14-25,36H,3-7,9,12-13,26-28H2,1-2H3,(H,39,40)/t36-/m1/s1. The van der Waals surface area contributed by atoms with Crippen molar-refractivity contribution in [1.29, 1.82) is 0 Å². The van der Waals surface area contributed by atoms with Gasteiger partial charge in [0.2, 0.25) is 0 Å². The summed E-state index contributed by atoms with van der Waals surface area (Å²) in [5.74, 6) is 0.496. The van der Waals surface area contributed by atoms with Crippen LogP contribution in [-0.2, 0) is 24.2 Å². The van der Waals surface area contributed by atoms with Crippen molar-refractivity contribution >= 4 is 5.97 Å². The molecule has 4 rings (SSSR count). The number of aromatic nitrogens is 1. The number of carboxylic acid groups (broad SMARTS) is 1. The predicted octanol–water partition coefficient (Wildman–Crippen LogP) is 8.91. The molecule has 0 aliphatic carbocycles. The quantitative estimate of drug-likeness (QED) is 0.122. The van der Waals surface area contributed by atoms with Crippen LogP contribution in [-0.4, -0.2) is 28.4 Å². The van der Waals surface area contributed by atoms with Crippen LogP contribution in [0.25, 0.3) is 11.3 Å². The van der Waals surface area contributed by atoms with Gasteiger partial charge >= 0.3 is 5.97 Å². The van der Waals surface area contributed by atoms with Gasteiger partial charge in [-0.25, -0.2) is 4.79 Å². The van der Waals surface area contributed by atoms with Crippen molar-refractivity contribution in [1.82, 2.24) is 4.57 Å². The molecule has 4 aromatic rings. The van der Waals surface area contributed by atoms with E-state index in [0.717, 1.165) is 42.0 Å². The zero-order chi connectivity index (χ0) is 29.6. The highest BCUT2D eigenvalue weighted by Crippen LogP contribution is 2.26. The van der Waals surface area contributed by atoms with E-state index < -0.39 is 12.1 Å². The number of hydrogen-bond acceptors (Lipinski definition) is 3. The zero-order valence-corrected chi connectivity index (χ0v) is 25.1. The Hall–Kier alpha value is -3.99. The van der Waals surface area contributed by atoms with Crippen LogP contribution in [0, 0.1) is 6.92 Å².